The van der Waals surface area contributed by atoms with E-state index in [4.69, 9.17) is 33.4 Å². The molecule has 4 rings (SSSR count). The van der Waals surface area contributed by atoms with E-state index >= 15 is 0 Å². The van der Waals surface area contributed by atoms with E-state index in [0.717, 1.165) is 11.1 Å². The molecule has 1 aromatic carbocycles. The summed E-state index contributed by atoms with van der Waals surface area (Å²) in [4.78, 5) is 21.1. The molecule has 0 bridgehead atoms. The maximum absolute atomic E-state index is 8.92. The van der Waals surface area contributed by atoms with E-state index in [2.05, 4.69) is 36.6 Å². The summed E-state index contributed by atoms with van der Waals surface area (Å²) >= 11 is 12.6. The van der Waals surface area contributed by atoms with Gasteiger partial charge in [-0.1, -0.05) is 23.2 Å². The van der Waals surface area contributed by atoms with Gasteiger partial charge >= 0.3 is 0 Å². The van der Waals surface area contributed by atoms with Gasteiger partial charge in [0.15, 0.2) is 0 Å². The third-order valence-corrected chi connectivity index (χ3v) is 5.33. The Labute approximate surface area is 194 Å². The number of hydrogen-bond acceptors (Lipinski definition) is 7. The molecule has 0 saturated carbocycles. The zero-order valence-corrected chi connectivity index (χ0v) is 18.5. The number of aromatic nitrogens is 5. The summed E-state index contributed by atoms with van der Waals surface area (Å²) < 4.78 is 0. The van der Waals surface area contributed by atoms with E-state index in [1.807, 2.05) is 13.1 Å². The number of benzene rings is 1. The largest absolute Gasteiger partial charge is 0.368 e. The fourth-order valence-corrected chi connectivity index (χ4v) is 3.63. The van der Waals surface area contributed by atoms with Crippen LogP contribution in [-0.2, 0) is 0 Å². The summed E-state index contributed by atoms with van der Waals surface area (Å²) in [5.41, 5.74) is 2.59. The first kappa shape index (κ1) is 21.7. The Balaban J connectivity index is 1.68. The highest BCUT2D eigenvalue weighted by Crippen LogP contribution is 2.35. The van der Waals surface area contributed by atoms with Crippen molar-refractivity contribution >= 4 is 29.0 Å². The number of nitrogens with zero attached hydrogens (tertiary/aromatic N) is 5. The van der Waals surface area contributed by atoms with Crippen LogP contribution in [0.15, 0.2) is 55.1 Å². The average molecular weight is 465 g/mol. The van der Waals surface area contributed by atoms with Crippen LogP contribution in [-0.4, -0.2) is 38.5 Å². The Morgan fingerprint density at radius 1 is 1.09 bits per heavy atom. The fraction of sp³-hybridized carbons (Fsp3) is 0.136. The second kappa shape index (κ2) is 9.75. The molecule has 0 aliphatic carbocycles. The summed E-state index contributed by atoms with van der Waals surface area (Å²) in [6.45, 7) is 0.475. The van der Waals surface area contributed by atoms with Crippen molar-refractivity contribution in [3.63, 3.8) is 0 Å². The van der Waals surface area contributed by atoms with Gasteiger partial charge in [0.1, 0.15) is 23.5 Å². The SMILES string of the molecule is CNC(CNc1ccc(C#N)cn1)c1ncc(-c2ncc[nH]2)c(-c2ccc(Cl)cc2Cl)n1. The third kappa shape index (κ3) is 4.70. The number of nitrogens with one attached hydrogen (secondary N) is 3. The molecule has 8 nitrogen and oxygen atoms in total. The quantitative estimate of drug-likeness (QED) is 0.369. The monoisotopic (exact) mass is 464 g/mol. The molecule has 160 valence electrons. The maximum Gasteiger partial charge on any atom is 0.147 e. The Morgan fingerprint density at radius 2 is 1.97 bits per heavy atom. The summed E-state index contributed by atoms with van der Waals surface area (Å²) in [6, 6.07) is 10.6. The Hall–Kier alpha value is -3.51. The van der Waals surface area contributed by atoms with Crippen molar-refractivity contribution < 1.29 is 0 Å². The summed E-state index contributed by atoms with van der Waals surface area (Å²) in [7, 11) is 1.83. The number of nitriles is 1. The van der Waals surface area contributed by atoms with E-state index in [9.17, 15) is 0 Å². The molecule has 1 unspecified atom stereocenters. The number of anilines is 1. The van der Waals surface area contributed by atoms with Crippen molar-refractivity contribution in [2.45, 2.75) is 6.04 Å². The molecule has 0 aliphatic heterocycles. The zero-order chi connectivity index (χ0) is 22.5. The molecule has 3 N–H and O–H groups in total. The highest BCUT2D eigenvalue weighted by atomic mass is 35.5. The molecule has 0 radical (unpaired) electrons. The lowest BCUT2D eigenvalue weighted by Crippen LogP contribution is -2.27. The number of pyridine rings is 1. The zero-order valence-electron chi connectivity index (χ0n) is 17.0. The van der Waals surface area contributed by atoms with Gasteiger partial charge in [-0.25, -0.2) is 19.9 Å². The highest BCUT2D eigenvalue weighted by molar-refractivity contribution is 6.36. The smallest absolute Gasteiger partial charge is 0.147 e. The van der Waals surface area contributed by atoms with E-state index in [0.29, 0.717) is 45.3 Å². The molecule has 4 aromatic rings. The standard InChI is InChI=1S/C22H18Cl2N8/c1-26-18(12-30-19-5-2-13(9-25)10-29-19)22-31-11-16(21-27-6-7-28-21)20(32-22)15-4-3-14(23)8-17(15)24/h2-8,10-11,18,26H,12H2,1H3,(H,27,28)(H,29,30). The maximum atomic E-state index is 8.92. The first-order chi connectivity index (χ1) is 15.6. The second-order valence-electron chi connectivity index (χ2n) is 6.82. The van der Waals surface area contributed by atoms with Gasteiger partial charge in [-0.2, -0.15) is 5.26 Å². The predicted molar refractivity (Wildman–Crippen MR) is 124 cm³/mol. The van der Waals surface area contributed by atoms with E-state index in [-0.39, 0.29) is 6.04 Å². The van der Waals surface area contributed by atoms with Crippen molar-refractivity contribution in [3.8, 4) is 28.7 Å². The van der Waals surface area contributed by atoms with Gasteiger partial charge in [0.05, 0.1) is 27.9 Å². The molecule has 0 spiro atoms. The number of imidazole rings is 1. The van der Waals surface area contributed by atoms with Crippen molar-refractivity contribution in [1.29, 1.82) is 5.26 Å². The lowest BCUT2D eigenvalue weighted by molar-refractivity contribution is 0.584. The lowest BCUT2D eigenvalue weighted by Gasteiger charge is -2.18. The molecule has 3 heterocycles. The molecular weight excluding hydrogens is 447 g/mol. The van der Waals surface area contributed by atoms with E-state index in [1.54, 1.807) is 42.9 Å². The summed E-state index contributed by atoms with van der Waals surface area (Å²) in [5, 5.41) is 16.4. The first-order valence-corrected chi connectivity index (χ1v) is 10.4. The molecule has 0 aliphatic rings. The van der Waals surface area contributed by atoms with E-state index in [1.165, 1.54) is 6.20 Å². The summed E-state index contributed by atoms with van der Waals surface area (Å²) in [5.74, 6) is 1.86. The van der Waals surface area contributed by atoms with Gasteiger partial charge in [0.25, 0.3) is 0 Å². The molecular formula is C22H18Cl2N8. The van der Waals surface area contributed by atoms with Crippen LogP contribution in [0.2, 0.25) is 10.0 Å². The van der Waals surface area contributed by atoms with Gasteiger partial charge in [0.2, 0.25) is 0 Å². The van der Waals surface area contributed by atoms with Crippen LogP contribution in [0.3, 0.4) is 0 Å². The molecule has 0 fully saturated rings. The number of halogens is 2. The molecule has 32 heavy (non-hydrogen) atoms. The van der Waals surface area contributed by atoms with Gasteiger partial charge in [-0.05, 0) is 37.4 Å². The number of H-pyrrole nitrogens is 1. The lowest BCUT2D eigenvalue weighted by atomic mass is 10.1. The fourth-order valence-electron chi connectivity index (χ4n) is 3.13. The predicted octanol–water partition coefficient (Wildman–Crippen LogP) is 4.48. The van der Waals surface area contributed by atoms with Crippen molar-refractivity contribution in [1.82, 2.24) is 30.2 Å². The van der Waals surface area contributed by atoms with Crippen LogP contribution >= 0.6 is 23.2 Å². The molecule has 1 atom stereocenters. The number of rotatable bonds is 7. The number of aromatic amines is 1. The minimum atomic E-state index is -0.220. The van der Waals surface area contributed by atoms with Crippen molar-refractivity contribution in [2.24, 2.45) is 0 Å². The van der Waals surface area contributed by atoms with Crippen LogP contribution in [0.4, 0.5) is 5.82 Å². The van der Waals surface area contributed by atoms with Crippen LogP contribution in [0, 0.1) is 11.3 Å². The number of likely N-dealkylation sites (N-methyl/N-ethyl adjacent to an activating group) is 1. The van der Waals surface area contributed by atoms with Gasteiger partial charge in [-0.3, -0.25) is 0 Å². The number of hydrogen-bond donors (Lipinski definition) is 3. The molecule has 10 heteroatoms. The topological polar surface area (TPSA) is 115 Å². The summed E-state index contributed by atoms with van der Waals surface area (Å²) in [6.07, 6.45) is 6.65. The first-order valence-electron chi connectivity index (χ1n) is 9.68. The van der Waals surface area contributed by atoms with E-state index < -0.39 is 0 Å². The van der Waals surface area contributed by atoms with Crippen molar-refractivity contribution in [3.05, 3.63) is 76.6 Å². The minimum Gasteiger partial charge on any atom is -0.368 e. The van der Waals surface area contributed by atoms with Crippen LogP contribution in [0.1, 0.15) is 17.4 Å². The van der Waals surface area contributed by atoms with Crippen LogP contribution < -0.4 is 10.6 Å². The van der Waals surface area contributed by atoms with Gasteiger partial charge < -0.3 is 15.6 Å². The van der Waals surface area contributed by atoms with Crippen LogP contribution in [0.25, 0.3) is 22.6 Å². The Morgan fingerprint density at radius 3 is 2.62 bits per heavy atom. The van der Waals surface area contributed by atoms with Gasteiger partial charge in [-0.15, -0.1) is 0 Å². The van der Waals surface area contributed by atoms with Crippen molar-refractivity contribution in [2.75, 3.05) is 18.9 Å². The van der Waals surface area contributed by atoms with Crippen LogP contribution in [0.5, 0.6) is 0 Å². The molecule has 3 aromatic heterocycles. The average Bonchev–Trinajstić information content (AvgIpc) is 3.35. The molecule has 0 amide bonds. The third-order valence-electron chi connectivity index (χ3n) is 4.79. The van der Waals surface area contributed by atoms with Gasteiger partial charge in [0, 0.05) is 41.9 Å². The normalized spacial score (nSPS) is 11.7. The second-order valence-corrected chi connectivity index (χ2v) is 7.66. The molecule has 0 saturated heterocycles. The Bertz CT molecular complexity index is 1250. The highest BCUT2D eigenvalue weighted by Gasteiger charge is 2.20. The minimum absolute atomic E-state index is 0.220. The Kier molecular flexibility index (Phi) is 6.61.